The van der Waals surface area contributed by atoms with E-state index in [9.17, 15) is 0 Å². The van der Waals surface area contributed by atoms with Gasteiger partial charge in [-0.3, -0.25) is 4.90 Å². The standard InChI is InChI=1S/C15H22Cl2N2/c1-2-3-4-8-18-9-11-19(12-10-18)14-7-5-6-13(16)15(14)17/h5-7H,2-4,8-12H2,1H3. The van der Waals surface area contributed by atoms with E-state index in [4.69, 9.17) is 23.2 Å². The number of nitrogens with zero attached hydrogens (tertiary/aromatic N) is 2. The third kappa shape index (κ3) is 4.01. The number of hydrogen-bond acceptors (Lipinski definition) is 2. The summed E-state index contributed by atoms with van der Waals surface area (Å²) in [6, 6.07) is 5.87. The molecule has 1 fully saturated rings. The van der Waals surface area contributed by atoms with Crippen LogP contribution in [0.15, 0.2) is 18.2 Å². The second-order valence-corrected chi connectivity index (χ2v) is 5.89. The molecule has 0 radical (unpaired) electrons. The molecule has 0 unspecified atom stereocenters. The van der Waals surface area contributed by atoms with Crippen molar-refractivity contribution >= 4 is 28.9 Å². The molecule has 2 nitrogen and oxygen atoms in total. The molecule has 0 atom stereocenters. The predicted molar refractivity (Wildman–Crippen MR) is 84.6 cm³/mol. The summed E-state index contributed by atoms with van der Waals surface area (Å²) in [5.74, 6) is 0. The molecule has 0 saturated carbocycles. The molecule has 4 heteroatoms. The first-order chi connectivity index (χ1) is 9.22. The van der Waals surface area contributed by atoms with E-state index in [1.54, 1.807) is 0 Å². The normalized spacial score (nSPS) is 16.9. The maximum absolute atomic E-state index is 6.28. The van der Waals surface area contributed by atoms with Crippen molar-refractivity contribution in [3.05, 3.63) is 28.2 Å². The molecule has 2 rings (SSSR count). The van der Waals surface area contributed by atoms with Gasteiger partial charge >= 0.3 is 0 Å². The zero-order valence-corrected chi connectivity index (χ0v) is 13.1. The summed E-state index contributed by atoms with van der Waals surface area (Å²) in [4.78, 5) is 4.88. The van der Waals surface area contributed by atoms with Crippen molar-refractivity contribution in [2.45, 2.75) is 26.2 Å². The van der Waals surface area contributed by atoms with E-state index in [1.165, 1.54) is 25.8 Å². The third-order valence-electron chi connectivity index (χ3n) is 3.72. The fourth-order valence-electron chi connectivity index (χ4n) is 2.53. The van der Waals surface area contributed by atoms with Crippen LogP contribution < -0.4 is 4.90 Å². The molecule has 1 aromatic carbocycles. The Labute approximate surface area is 126 Å². The van der Waals surface area contributed by atoms with Crippen molar-refractivity contribution < 1.29 is 0 Å². The molecule has 0 N–H and O–H groups in total. The van der Waals surface area contributed by atoms with E-state index in [0.717, 1.165) is 31.9 Å². The molecule has 0 amide bonds. The van der Waals surface area contributed by atoms with Crippen LogP contribution in [-0.4, -0.2) is 37.6 Å². The number of halogens is 2. The van der Waals surface area contributed by atoms with Crippen molar-refractivity contribution in [2.75, 3.05) is 37.6 Å². The molecule has 106 valence electrons. The van der Waals surface area contributed by atoms with Crippen LogP contribution in [-0.2, 0) is 0 Å². The highest BCUT2D eigenvalue weighted by atomic mass is 35.5. The van der Waals surface area contributed by atoms with Gasteiger partial charge in [0.15, 0.2) is 0 Å². The number of rotatable bonds is 5. The van der Waals surface area contributed by atoms with E-state index in [1.807, 2.05) is 12.1 Å². The highest BCUT2D eigenvalue weighted by molar-refractivity contribution is 6.43. The number of anilines is 1. The van der Waals surface area contributed by atoms with Gasteiger partial charge in [-0.25, -0.2) is 0 Å². The fourth-order valence-corrected chi connectivity index (χ4v) is 2.95. The monoisotopic (exact) mass is 300 g/mol. The van der Waals surface area contributed by atoms with Crippen molar-refractivity contribution in [3.8, 4) is 0 Å². The summed E-state index contributed by atoms with van der Waals surface area (Å²) >= 11 is 12.4. The Morgan fingerprint density at radius 1 is 1.05 bits per heavy atom. The van der Waals surface area contributed by atoms with Crippen molar-refractivity contribution in [1.29, 1.82) is 0 Å². The lowest BCUT2D eigenvalue weighted by molar-refractivity contribution is 0.252. The summed E-state index contributed by atoms with van der Waals surface area (Å²) < 4.78 is 0. The lowest BCUT2D eigenvalue weighted by Gasteiger charge is -2.36. The van der Waals surface area contributed by atoms with E-state index in [-0.39, 0.29) is 0 Å². The summed E-state index contributed by atoms with van der Waals surface area (Å²) in [5.41, 5.74) is 1.07. The second kappa shape index (κ2) is 7.37. The number of piperazine rings is 1. The molecule has 19 heavy (non-hydrogen) atoms. The van der Waals surface area contributed by atoms with Crippen molar-refractivity contribution in [3.63, 3.8) is 0 Å². The summed E-state index contributed by atoms with van der Waals surface area (Å²) in [5, 5.41) is 1.33. The van der Waals surface area contributed by atoms with Crippen LogP contribution in [0.25, 0.3) is 0 Å². The van der Waals surface area contributed by atoms with E-state index < -0.39 is 0 Å². The Morgan fingerprint density at radius 2 is 1.79 bits per heavy atom. The Balaban J connectivity index is 1.87. The summed E-state index contributed by atoms with van der Waals surface area (Å²) in [7, 11) is 0. The smallest absolute Gasteiger partial charge is 0.0825 e. The largest absolute Gasteiger partial charge is 0.368 e. The number of benzene rings is 1. The molecule has 1 heterocycles. The Bertz CT molecular complexity index is 401. The van der Waals surface area contributed by atoms with E-state index >= 15 is 0 Å². The van der Waals surface area contributed by atoms with Gasteiger partial charge in [0.2, 0.25) is 0 Å². The molecule has 1 saturated heterocycles. The van der Waals surface area contributed by atoms with Gasteiger partial charge in [-0.15, -0.1) is 0 Å². The zero-order chi connectivity index (χ0) is 13.7. The predicted octanol–water partition coefficient (Wildman–Crippen LogP) is 4.31. The molecule has 0 aliphatic carbocycles. The van der Waals surface area contributed by atoms with Gasteiger partial charge in [-0.05, 0) is 25.1 Å². The quantitative estimate of drug-likeness (QED) is 0.748. The molecular weight excluding hydrogens is 279 g/mol. The highest BCUT2D eigenvalue weighted by Gasteiger charge is 2.19. The average molecular weight is 301 g/mol. The van der Waals surface area contributed by atoms with Gasteiger partial charge < -0.3 is 4.90 Å². The Kier molecular flexibility index (Phi) is 5.80. The van der Waals surface area contributed by atoms with Gasteiger partial charge in [-0.1, -0.05) is 49.0 Å². The SMILES string of the molecule is CCCCCN1CCN(c2cccc(Cl)c2Cl)CC1. The van der Waals surface area contributed by atoms with Crippen LogP contribution in [0.4, 0.5) is 5.69 Å². The van der Waals surface area contributed by atoms with Crippen LogP contribution in [0, 0.1) is 0 Å². The first-order valence-electron chi connectivity index (χ1n) is 7.13. The topological polar surface area (TPSA) is 6.48 Å². The first kappa shape index (κ1) is 15.0. The Morgan fingerprint density at radius 3 is 2.47 bits per heavy atom. The molecule has 0 spiro atoms. The van der Waals surface area contributed by atoms with E-state index in [2.05, 4.69) is 22.8 Å². The van der Waals surface area contributed by atoms with Crippen LogP contribution in [0.5, 0.6) is 0 Å². The van der Waals surface area contributed by atoms with Gasteiger partial charge in [0, 0.05) is 26.2 Å². The summed E-state index contributed by atoms with van der Waals surface area (Å²) in [6.07, 6.45) is 3.94. The van der Waals surface area contributed by atoms with Gasteiger partial charge in [-0.2, -0.15) is 0 Å². The van der Waals surface area contributed by atoms with Crippen LogP contribution in [0.2, 0.25) is 10.0 Å². The lowest BCUT2D eigenvalue weighted by Crippen LogP contribution is -2.46. The van der Waals surface area contributed by atoms with Gasteiger partial charge in [0.05, 0.1) is 15.7 Å². The molecule has 0 bridgehead atoms. The molecule has 1 aliphatic rings. The fraction of sp³-hybridized carbons (Fsp3) is 0.600. The molecular formula is C15H22Cl2N2. The van der Waals surface area contributed by atoms with Crippen molar-refractivity contribution in [2.24, 2.45) is 0 Å². The average Bonchev–Trinajstić information content (AvgIpc) is 2.43. The van der Waals surface area contributed by atoms with E-state index in [0.29, 0.717) is 10.0 Å². The number of hydrogen-bond donors (Lipinski definition) is 0. The highest BCUT2D eigenvalue weighted by Crippen LogP contribution is 2.32. The molecule has 0 aromatic heterocycles. The van der Waals surface area contributed by atoms with Crippen LogP contribution in [0.1, 0.15) is 26.2 Å². The van der Waals surface area contributed by atoms with Crippen LogP contribution >= 0.6 is 23.2 Å². The van der Waals surface area contributed by atoms with Crippen LogP contribution in [0.3, 0.4) is 0 Å². The first-order valence-corrected chi connectivity index (χ1v) is 7.89. The minimum atomic E-state index is 0.643. The lowest BCUT2D eigenvalue weighted by atomic mass is 10.2. The van der Waals surface area contributed by atoms with Gasteiger partial charge in [0.25, 0.3) is 0 Å². The van der Waals surface area contributed by atoms with Crippen molar-refractivity contribution in [1.82, 2.24) is 4.90 Å². The Hall–Kier alpha value is -0.440. The maximum Gasteiger partial charge on any atom is 0.0825 e. The molecule has 1 aliphatic heterocycles. The summed E-state index contributed by atoms with van der Waals surface area (Å²) in [6.45, 7) is 7.78. The molecule has 1 aromatic rings. The second-order valence-electron chi connectivity index (χ2n) is 5.11. The maximum atomic E-state index is 6.28. The third-order valence-corrected chi connectivity index (χ3v) is 4.53. The minimum absolute atomic E-state index is 0.643. The number of unbranched alkanes of at least 4 members (excludes halogenated alkanes) is 2. The zero-order valence-electron chi connectivity index (χ0n) is 11.5. The van der Waals surface area contributed by atoms with Gasteiger partial charge in [0.1, 0.15) is 0 Å². The minimum Gasteiger partial charge on any atom is -0.368 e.